The lowest BCUT2D eigenvalue weighted by molar-refractivity contribution is -0.306. The van der Waals surface area contributed by atoms with E-state index < -0.39 is 95.1 Å². The third-order valence-electron chi connectivity index (χ3n) is 4.31. The summed E-state index contributed by atoms with van der Waals surface area (Å²) in [5, 5.41) is 48.4. The summed E-state index contributed by atoms with van der Waals surface area (Å²) in [5.41, 5.74) is 0. The summed E-state index contributed by atoms with van der Waals surface area (Å²) in [5.74, 6) is -1.81. The molecule has 0 amide bonds. The van der Waals surface area contributed by atoms with Gasteiger partial charge in [-0.25, -0.2) is 13.2 Å². The average Bonchev–Trinajstić information content (AvgIpc) is 2.92. The molecule has 31 heavy (non-hydrogen) atoms. The van der Waals surface area contributed by atoms with E-state index in [0.717, 1.165) is 0 Å². The quantitative estimate of drug-likeness (QED) is 0.146. The zero-order valence-corrected chi connectivity index (χ0v) is 16.8. The lowest BCUT2D eigenvalue weighted by atomic mass is 9.98. The molecule has 19 heteroatoms. The van der Waals surface area contributed by atoms with Gasteiger partial charge in [0, 0.05) is 0 Å². The van der Waals surface area contributed by atoms with E-state index in [1.165, 1.54) is 0 Å². The number of aliphatic carboxylic acids is 1. The molecule has 0 unspecified atom stereocenters. The number of rotatable bonds is 9. The Kier molecular flexibility index (Phi) is 8.30. The molecule has 0 aromatic rings. The van der Waals surface area contributed by atoms with E-state index in [4.69, 9.17) is 28.4 Å². The van der Waals surface area contributed by atoms with Gasteiger partial charge in [-0.05, 0) is 0 Å². The Morgan fingerprint density at radius 2 is 1.48 bits per heavy atom. The number of carboxylic acids is 1. The zero-order valence-electron chi connectivity index (χ0n) is 15.1. The Morgan fingerprint density at radius 1 is 0.871 bits per heavy atom. The van der Waals surface area contributed by atoms with Crippen LogP contribution in [0.5, 0.6) is 0 Å². The van der Waals surface area contributed by atoms with Crippen LogP contribution in [0.25, 0.3) is 0 Å². The highest BCUT2D eigenvalue weighted by Crippen LogP contribution is 2.31. The fourth-order valence-corrected chi connectivity index (χ4v) is 3.76. The molecule has 0 aromatic heterocycles. The first-order valence-corrected chi connectivity index (χ1v) is 11.0. The fourth-order valence-electron chi connectivity index (χ4n) is 2.97. The molecule has 9 atom stereocenters. The molecule has 182 valence electrons. The zero-order chi connectivity index (χ0) is 23.7. The molecule has 2 aliphatic heterocycles. The van der Waals surface area contributed by atoms with Gasteiger partial charge >= 0.3 is 26.8 Å². The van der Waals surface area contributed by atoms with Gasteiger partial charge in [0.1, 0.15) is 36.6 Å². The van der Waals surface area contributed by atoms with E-state index in [1.54, 1.807) is 0 Å². The minimum Gasteiger partial charge on any atom is -0.479 e. The summed E-state index contributed by atoms with van der Waals surface area (Å²) in [6, 6.07) is 0. The van der Waals surface area contributed by atoms with Crippen LogP contribution in [0.3, 0.4) is 0 Å². The second-order valence-electron chi connectivity index (χ2n) is 6.43. The van der Waals surface area contributed by atoms with Gasteiger partial charge in [0.25, 0.3) is 0 Å². The van der Waals surface area contributed by atoms with Crippen LogP contribution < -0.4 is 0 Å². The van der Waals surface area contributed by atoms with Crippen molar-refractivity contribution in [2.45, 2.75) is 55.1 Å². The van der Waals surface area contributed by atoms with E-state index in [0.29, 0.717) is 0 Å². The molecule has 0 aromatic carbocycles. The number of hydrogen-bond acceptors (Lipinski definition) is 14. The van der Waals surface area contributed by atoms with Crippen LogP contribution in [0.4, 0.5) is 0 Å². The number of hydrogen-bond donors (Lipinski definition) is 7. The maximum absolute atomic E-state index is 11.2. The molecular weight excluding hydrogens is 480 g/mol. The lowest BCUT2D eigenvalue weighted by Crippen LogP contribution is -2.62. The first kappa shape index (κ1) is 26.2. The number of aliphatic hydroxyl groups is 4. The Balaban J connectivity index is 2.31. The first-order chi connectivity index (χ1) is 14.1. The monoisotopic (exact) mass is 500 g/mol. The van der Waals surface area contributed by atoms with E-state index in [9.17, 15) is 42.1 Å². The summed E-state index contributed by atoms with van der Waals surface area (Å²) < 4.78 is 84.8. The normalized spacial score (nSPS) is 39.5. The van der Waals surface area contributed by atoms with Crippen molar-refractivity contribution < 1.29 is 78.8 Å². The largest absolute Gasteiger partial charge is 0.479 e. The van der Waals surface area contributed by atoms with Crippen LogP contribution in [0.1, 0.15) is 0 Å². The van der Waals surface area contributed by atoms with E-state index in [1.807, 2.05) is 0 Å². The third-order valence-corrected chi connectivity index (χ3v) is 5.21. The fraction of sp³-hybridized carbons (Fsp3) is 0.917. The van der Waals surface area contributed by atoms with Crippen LogP contribution in [-0.4, -0.2) is 126 Å². The van der Waals surface area contributed by atoms with Gasteiger partial charge < -0.3 is 39.7 Å². The molecule has 0 aliphatic carbocycles. The Bertz CT molecular complexity index is 841. The second-order valence-corrected chi connectivity index (χ2v) is 8.57. The summed E-state index contributed by atoms with van der Waals surface area (Å²) in [6.45, 7) is -1.81. The number of carboxylic acid groups (broad SMARTS) is 1. The number of ether oxygens (including phenoxy) is 3. The van der Waals surface area contributed by atoms with Crippen LogP contribution >= 0.6 is 0 Å². The minimum atomic E-state index is -5.31. The van der Waals surface area contributed by atoms with Crippen molar-refractivity contribution in [2.24, 2.45) is 0 Å². The molecule has 0 bridgehead atoms. The molecule has 2 aliphatic rings. The van der Waals surface area contributed by atoms with Gasteiger partial charge in [0.05, 0.1) is 13.2 Å². The molecule has 7 N–H and O–H groups in total. The van der Waals surface area contributed by atoms with E-state index >= 15 is 0 Å². The van der Waals surface area contributed by atoms with Gasteiger partial charge in [-0.3, -0.25) is 9.11 Å². The van der Waals surface area contributed by atoms with Crippen molar-refractivity contribution in [2.75, 3.05) is 13.2 Å². The molecule has 0 radical (unpaired) electrons. The van der Waals surface area contributed by atoms with Crippen molar-refractivity contribution >= 4 is 26.8 Å². The van der Waals surface area contributed by atoms with E-state index in [-0.39, 0.29) is 0 Å². The third kappa shape index (κ3) is 6.71. The van der Waals surface area contributed by atoms with Crippen molar-refractivity contribution in [3.05, 3.63) is 0 Å². The molecule has 2 rings (SSSR count). The van der Waals surface area contributed by atoms with Crippen molar-refractivity contribution in [1.82, 2.24) is 0 Å². The summed E-state index contributed by atoms with van der Waals surface area (Å²) in [4.78, 5) is 11.2. The molecule has 0 saturated carbocycles. The summed E-state index contributed by atoms with van der Waals surface area (Å²) in [7, 11) is -10.3. The van der Waals surface area contributed by atoms with E-state index in [2.05, 4.69) is 8.37 Å². The molecule has 17 nitrogen and oxygen atoms in total. The predicted octanol–water partition coefficient (Wildman–Crippen LogP) is -4.97. The Morgan fingerprint density at radius 3 is 1.97 bits per heavy atom. The summed E-state index contributed by atoms with van der Waals surface area (Å²) in [6.07, 6.45) is -17.6. The van der Waals surface area contributed by atoms with Gasteiger partial charge in [0.2, 0.25) is 0 Å². The number of carbonyl (C=O) groups is 1. The van der Waals surface area contributed by atoms with Gasteiger partial charge in [0.15, 0.2) is 18.5 Å². The average molecular weight is 500 g/mol. The van der Waals surface area contributed by atoms with Gasteiger partial charge in [-0.1, -0.05) is 0 Å². The highest BCUT2D eigenvalue weighted by atomic mass is 32.3. The van der Waals surface area contributed by atoms with Gasteiger partial charge in [-0.15, -0.1) is 0 Å². The molecule has 2 heterocycles. The molecular formula is C12H20O17S2. The minimum absolute atomic E-state index is 0.820. The van der Waals surface area contributed by atoms with Crippen LogP contribution in [-0.2, 0) is 48.2 Å². The Hall–Kier alpha value is -1.07. The second kappa shape index (κ2) is 9.82. The topological polar surface area (TPSA) is 273 Å². The van der Waals surface area contributed by atoms with Crippen molar-refractivity contribution in [1.29, 1.82) is 0 Å². The molecule has 0 spiro atoms. The highest BCUT2D eigenvalue weighted by Gasteiger charge is 2.54. The highest BCUT2D eigenvalue weighted by molar-refractivity contribution is 7.81. The number of aliphatic hydroxyl groups excluding tert-OH is 4. The maximum atomic E-state index is 11.2. The standard InChI is InChI=1S/C12H20O17S2/c13-1-3-5(14)8(4(26-3)2-25-30(19,20)21)27-12-10(29-31(22,23)24)7(16)6(15)9(28-12)11(17)18/h3-10,12-16H,1-2H2,(H,17,18)(H,19,20,21)(H,22,23,24)/t3-,4-,5-,6+,7+,8-,9-,10-,12+/m1/s1. The lowest BCUT2D eigenvalue weighted by Gasteiger charge is -2.41. The van der Waals surface area contributed by atoms with Crippen LogP contribution in [0.2, 0.25) is 0 Å². The van der Waals surface area contributed by atoms with Crippen LogP contribution in [0.15, 0.2) is 0 Å². The SMILES string of the molecule is O=C(O)[C@@H]1O[C@H](O[C@H]2[C@H](O)[C@@H](CO)O[C@@H]2COS(=O)(=O)O)[C@H](OS(=O)(=O)O)[C@@H](O)[C@@H]1O. The first-order valence-electron chi connectivity index (χ1n) is 8.26. The smallest absolute Gasteiger partial charge is 0.397 e. The van der Waals surface area contributed by atoms with Crippen molar-refractivity contribution in [3.63, 3.8) is 0 Å². The van der Waals surface area contributed by atoms with Gasteiger partial charge in [-0.2, -0.15) is 16.8 Å². The Labute approximate surface area is 174 Å². The predicted molar refractivity (Wildman–Crippen MR) is 88.9 cm³/mol. The van der Waals surface area contributed by atoms with Crippen LogP contribution in [0, 0.1) is 0 Å². The maximum Gasteiger partial charge on any atom is 0.397 e. The van der Waals surface area contributed by atoms with Crippen molar-refractivity contribution in [3.8, 4) is 0 Å². The molecule has 2 fully saturated rings. The molecule has 2 saturated heterocycles. The summed E-state index contributed by atoms with van der Waals surface area (Å²) >= 11 is 0.